The van der Waals surface area contributed by atoms with Gasteiger partial charge in [-0.15, -0.1) is 0 Å². The highest BCUT2D eigenvalue weighted by Gasteiger charge is 2.16. The molecule has 0 saturated heterocycles. The minimum Gasteiger partial charge on any atom is -0.348 e. The van der Waals surface area contributed by atoms with Crippen molar-refractivity contribution < 1.29 is 4.63 Å². The van der Waals surface area contributed by atoms with E-state index in [1.807, 2.05) is 6.92 Å². The van der Waals surface area contributed by atoms with E-state index in [9.17, 15) is 0 Å². The predicted octanol–water partition coefficient (Wildman–Crippen LogP) is 2.92. The van der Waals surface area contributed by atoms with Crippen LogP contribution in [0, 0.1) is 12.8 Å². The molecule has 110 valence electrons. The van der Waals surface area contributed by atoms with Crippen molar-refractivity contribution in [3.05, 3.63) is 35.4 Å². The van der Waals surface area contributed by atoms with Crippen LogP contribution in [0.25, 0.3) is 0 Å². The molecule has 2 aromatic heterocycles. The largest absolute Gasteiger partial charge is 0.348 e. The van der Waals surface area contributed by atoms with E-state index in [-0.39, 0.29) is 0 Å². The molecule has 0 radical (unpaired) electrons. The van der Waals surface area contributed by atoms with Gasteiger partial charge in [-0.05, 0) is 37.4 Å². The van der Waals surface area contributed by atoms with Crippen molar-refractivity contribution >= 4 is 0 Å². The highest BCUT2D eigenvalue weighted by Crippen LogP contribution is 2.22. The Morgan fingerprint density at radius 1 is 1.35 bits per heavy atom. The van der Waals surface area contributed by atoms with Crippen LogP contribution >= 0.6 is 0 Å². The maximum Gasteiger partial charge on any atom is 0.127 e. The van der Waals surface area contributed by atoms with Crippen LogP contribution in [0.15, 0.2) is 23.1 Å². The fraction of sp³-hybridized carbons (Fsp3) is 0.600. The van der Waals surface area contributed by atoms with Crippen LogP contribution in [0.2, 0.25) is 0 Å². The molecule has 0 aliphatic carbocycles. The Bertz CT molecular complexity index is 529. The second-order valence-electron chi connectivity index (χ2n) is 5.59. The molecule has 2 rings (SSSR count). The first-order chi connectivity index (χ1) is 9.61. The summed E-state index contributed by atoms with van der Waals surface area (Å²) in [5.74, 6) is 0.563. The number of hydrogen-bond acceptors (Lipinski definition) is 4. The molecular weight excluding hydrogens is 252 g/mol. The van der Waals surface area contributed by atoms with Gasteiger partial charge in [0.1, 0.15) is 11.4 Å². The Morgan fingerprint density at radius 3 is 2.75 bits per heavy atom. The molecule has 5 nitrogen and oxygen atoms in total. The van der Waals surface area contributed by atoms with Crippen molar-refractivity contribution in [1.29, 1.82) is 0 Å². The van der Waals surface area contributed by atoms with Crippen LogP contribution in [0.5, 0.6) is 0 Å². The summed E-state index contributed by atoms with van der Waals surface area (Å²) < 4.78 is 6.87. The second kappa shape index (κ2) is 6.70. The number of nitrogens with one attached hydrogen (secondary N) is 1. The van der Waals surface area contributed by atoms with Gasteiger partial charge in [-0.1, -0.05) is 31.1 Å². The van der Waals surface area contributed by atoms with Crippen LogP contribution < -0.4 is 5.32 Å². The Balaban J connectivity index is 2.08. The van der Waals surface area contributed by atoms with Crippen molar-refractivity contribution in [3.63, 3.8) is 0 Å². The third-order valence-electron chi connectivity index (χ3n) is 3.49. The molecule has 2 heterocycles. The summed E-state index contributed by atoms with van der Waals surface area (Å²) in [7, 11) is 0. The number of hydrogen-bond donors (Lipinski definition) is 1. The Kier molecular flexibility index (Phi) is 4.95. The van der Waals surface area contributed by atoms with E-state index in [2.05, 4.69) is 59.4 Å². The summed E-state index contributed by atoms with van der Waals surface area (Å²) in [6.07, 6.45) is 5.42. The SMILES string of the molecule is CCCNC(c1ccn(Cc2nonc2C)c1)C(C)C. The van der Waals surface area contributed by atoms with Gasteiger partial charge in [-0.25, -0.2) is 4.63 Å². The van der Waals surface area contributed by atoms with Gasteiger partial charge in [-0.3, -0.25) is 0 Å². The van der Waals surface area contributed by atoms with Gasteiger partial charge < -0.3 is 9.88 Å². The Labute approximate surface area is 120 Å². The van der Waals surface area contributed by atoms with Gasteiger partial charge >= 0.3 is 0 Å². The minimum absolute atomic E-state index is 0.396. The van der Waals surface area contributed by atoms with E-state index in [0.717, 1.165) is 24.4 Å². The van der Waals surface area contributed by atoms with Crippen molar-refractivity contribution in [2.45, 2.75) is 46.7 Å². The summed E-state index contributed by atoms with van der Waals surface area (Å²) in [4.78, 5) is 0. The zero-order valence-electron chi connectivity index (χ0n) is 12.8. The quantitative estimate of drug-likeness (QED) is 0.844. The zero-order valence-corrected chi connectivity index (χ0v) is 12.8. The van der Waals surface area contributed by atoms with E-state index in [1.54, 1.807) is 0 Å². The molecule has 0 amide bonds. The van der Waals surface area contributed by atoms with Crippen molar-refractivity contribution in [2.24, 2.45) is 5.92 Å². The lowest BCUT2D eigenvalue weighted by atomic mass is 9.98. The van der Waals surface area contributed by atoms with Gasteiger partial charge in [-0.2, -0.15) is 0 Å². The molecule has 0 bridgehead atoms. The van der Waals surface area contributed by atoms with Crippen LogP contribution in [-0.2, 0) is 6.54 Å². The zero-order chi connectivity index (χ0) is 14.5. The first-order valence-corrected chi connectivity index (χ1v) is 7.29. The smallest absolute Gasteiger partial charge is 0.127 e. The average Bonchev–Trinajstić information content (AvgIpc) is 3.01. The predicted molar refractivity (Wildman–Crippen MR) is 78.4 cm³/mol. The maximum atomic E-state index is 4.74. The van der Waals surface area contributed by atoms with Gasteiger partial charge in [0.25, 0.3) is 0 Å². The number of nitrogens with zero attached hydrogens (tertiary/aromatic N) is 3. The van der Waals surface area contributed by atoms with Gasteiger partial charge in [0, 0.05) is 18.4 Å². The molecule has 20 heavy (non-hydrogen) atoms. The van der Waals surface area contributed by atoms with Crippen molar-refractivity contribution in [2.75, 3.05) is 6.54 Å². The lowest BCUT2D eigenvalue weighted by molar-refractivity contribution is 0.300. The monoisotopic (exact) mass is 276 g/mol. The van der Waals surface area contributed by atoms with E-state index < -0.39 is 0 Å². The fourth-order valence-electron chi connectivity index (χ4n) is 2.35. The highest BCUT2D eigenvalue weighted by molar-refractivity contribution is 5.18. The summed E-state index contributed by atoms with van der Waals surface area (Å²) in [5.41, 5.74) is 3.06. The van der Waals surface area contributed by atoms with Gasteiger partial charge in [0.05, 0.1) is 6.54 Å². The molecular formula is C15H24N4O. The molecule has 1 unspecified atom stereocenters. The summed E-state index contributed by atoms with van der Waals surface area (Å²) in [6.45, 7) is 10.3. The second-order valence-corrected chi connectivity index (χ2v) is 5.59. The normalized spacial score (nSPS) is 13.1. The number of rotatable bonds is 7. The molecule has 2 aromatic rings. The van der Waals surface area contributed by atoms with E-state index in [1.165, 1.54) is 5.56 Å². The van der Waals surface area contributed by atoms with Crippen LogP contribution in [-0.4, -0.2) is 21.4 Å². The third kappa shape index (κ3) is 3.48. The lowest BCUT2D eigenvalue weighted by Gasteiger charge is -2.21. The van der Waals surface area contributed by atoms with Crippen molar-refractivity contribution in [1.82, 2.24) is 20.2 Å². The Hall–Kier alpha value is -1.62. The molecule has 5 heteroatoms. The molecule has 0 aliphatic rings. The summed E-state index contributed by atoms with van der Waals surface area (Å²) in [5, 5.41) is 11.3. The number of aromatic nitrogens is 3. The van der Waals surface area contributed by atoms with Gasteiger partial charge in [0.2, 0.25) is 0 Å². The third-order valence-corrected chi connectivity index (χ3v) is 3.49. The van der Waals surface area contributed by atoms with Crippen molar-refractivity contribution in [3.8, 4) is 0 Å². The number of aryl methyl sites for hydroxylation is 1. The molecule has 0 aliphatic heterocycles. The molecule has 0 saturated carbocycles. The molecule has 0 aromatic carbocycles. The topological polar surface area (TPSA) is 55.9 Å². The van der Waals surface area contributed by atoms with E-state index in [4.69, 9.17) is 4.63 Å². The highest BCUT2D eigenvalue weighted by atomic mass is 16.6. The minimum atomic E-state index is 0.396. The lowest BCUT2D eigenvalue weighted by Crippen LogP contribution is -2.26. The summed E-state index contributed by atoms with van der Waals surface area (Å²) >= 11 is 0. The molecule has 0 spiro atoms. The van der Waals surface area contributed by atoms with Crippen LogP contribution in [0.3, 0.4) is 0 Å². The van der Waals surface area contributed by atoms with Gasteiger partial charge in [0.15, 0.2) is 0 Å². The standard InChI is InChI=1S/C15H24N4O/c1-5-7-16-15(11(2)3)13-6-8-19(9-13)10-14-12(4)17-20-18-14/h6,8-9,11,15-16H,5,7,10H2,1-4H3. The maximum absolute atomic E-state index is 4.74. The van der Waals surface area contributed by atoms with E-state index >= 15 is 0 Å². The molecule has 1 atom stereocenters. The Morgan fingerprint density at radius 2 is 2.15 bits per heavy atom. The van der Waals surface area contributed by atoms with E-state index in [0.29, 0.717) is 18.5 Å². The van der Waals surface area contributed by atoms with Crippen LogP contribution in [0.1, 0.15) is 50.2 Å². The first kappa shape index (κ1) is 14.8. The summed E-state index contributed by atoms with van der Waals surface area (Å²) in [6, 6.07) is 2.57. The first-order valence-electron chi connectivity index (χ1n) is 7.29. The molecule has 0 fully saturated rings. The fourth-order valence-corrected chi connectivity index (χ4v) is 2.35. The van der Waals surface area contributed by atoms with Crippen LogP contribution in [0.4, 0.5) is 0 Å². The molecule has 1 N–H and O–H groups in total. The average molecular weight is 276 g/mol.